The van der Waals surface area contributed by atoms with Gasteiger partial charge in [0.05, 0.1) is 6.10 Å². The second-order valence-electron chi connectivity index (χ2n) is 5.55. The maximum atomic E-state index is 13.7. The van der Waals surface area contributed by atoms with Gasteiger partial charge in [-0.2, -0.15) is 0 Å². The lowest BCUT2D eigenvalue weighted by molar-refractivity contribution is -0.124. The standard InChI is InChI=1S/C16H22FNO3/c1-11(19)14-8-7-13(9-15(14)17)21-10-16(20)18-12-5-3-2-4-6-12/h7-9,11-12,19H,2-6,10H2,1H3,(H,18,20). The number of carbonyl (C=O) groups is 1. The zero-order valence-electron chi connectivity index (χ0n) is 12.3. The van der Waals surface area contributed by atoms with E-state index < -0.39 is 11.9 Å². The lowest BCUT2D eigenvalue weighted by Gasteiger charge is -2.22. The normalized spacial score (nSPS) is 17.3. The number of carbonyl (C=O) groups excluding carboxylic acids is 1. The number of halogens is 1. The summed E-state index contributed by atoms with van der Waals surface area (Å²) in [5.41, 5.74) is 0.217. The van der Waals surface area contributed by atoms with Gasteiger partial charge in [0.15, 0.2) is 6.61 Å². The average Bonchev–Trinajstić information content (AvgIpc) is 2.46. The van der Waals surface area contributed by atoms with Crippen LogP contribution in [-0.2, 0) is 4.79 Å². The van der Waals surface area contributed by atoms with E-state index in [2.05, 4.69) is 5.32 Å². The first-order valence-electron chi connectivity index (χ1n) is 7.46. The number of rotatable bonds is 5. The van der Waals surface area contributed by atoms with Crippen molar-refractivity contribution in [1.82, 2.24) is 5.32 Å². The topological polar surface area (TPSA) is 58.6 Å². The van der Waals surface area contributed by atoms with Gasteiger partial charge in [-0.15, -0.1) is 0 Å². The van der Waals surface area contributed by atoms with Crippen LogP contribution in [0.2, 0.25) is 0 Å². The van der Waals surface area contributed by atoms with E-state index >= 15 is 0 Å². The van der Waals surface area contributed by atoms with E-state index in [1.165, 1.54) is 25.5 Å². The van der Waals surface area contributed by atoms with Gasteiger partial charge >= 0.3 is 0 Å². The molecular formula is C16H22FNO3. The molecule has 4 nitrogen and oxygen atoms in total. The fourth-order valence-electron chi connectivity index (χ4n) is 2.60. The third-order valence-electron chi connectivity index (χ3n) is 3.76. The first-order chi connectivity index (χ1) is 10.1. The summed E-state index contributed by atoms with van der Waals surface area (Å²) in [6, 6.07) is 4.45. The van der Waals surface area contributed by atoms with Crippen LogP contribution >= 0.6 is 0 Å². The monoisotopic (exact) mass is 295 g/mol. The van der Waals surface area contributed by atoms with Gasteiger partial charge in [0.1, 0.15) is 11.6 Å². The molecule has 1 atom stereocenters. The fourth-order valence-corrected chi connectivity index (χ4v) is 2.60. The molecule has 1 aromatic carbocycles. The van der Waals surface area contributed by atoms with E-state index in [9.17, 15) is 14.3 Å². The van der Waals surface area contributed by atoms with Gasteiger partial charge in [0.25, 0.3) is 5.91 Å². The lowest BCUT2D eigenvalue weighted by Crippen LogP contribution is -2.38. The molecule has 2 N–H and O–H groups in total. The number of hydrogen-bond acceptors (Lipinski definition) is 3. The van der Waals surface area contributed by atoms with Crippen LogP contribution in [0.15, 0.2) is 18.2 Å². The summed E-state index contributed by atoms with van der Waals surface area (Å²) in [5, 5.41) is 12.3. The highest BCUT2D eigenvalue weighted by Crippen LogP contribution is 2.21. The van der Waals surface area contributed by atoms with E-state index in [1.807, 2.05) is 0 Å². The maximum Gasteiger partial charge on any atom is 0.258 e. The number of nitrogens with one attached hydrogen (secondary N) is 1. The molecule has 1 aliphatic carbocycles. The molecule has 116 valence electrons. The Hall–Kier alpha value is -1.62. The molecule has 1 aromatic rings. The summed E-state index contributed by atoms with van der Waals surface area (Å²) in [4.78, 5) is 11.8. The molecule has 0 heterocycles. The minimum absolute atomic E-state index is 0.121. The zero-order valence-corrected chi connectivity index (χ0v) is 12.3. The number of benzene rings is 1. The van der Waals surface area contributed by atoms with Crippen LogP contribution in [0, 0.1) is 5.82 Å². The van der Waals surface area contributed by atoms with Gasteiger partial charge in [-0.25, -0.2) is 4.39 Å². The Morgan fingerprint density at radius 3 is 2.76 bits per heavy atom. The van der Waals surface area contributed by atoms with Crippen LogP contribution in [-0.4, -0.2) is 23.7 Å². The van der Waals surface area contributed by atoms with Crippen LogP contribution < -0.4 is 10.1 Å². The minimum Gasteiger partial charge on any atom is -0.484 e. The zero-order chi connectivity index (χ0) is 15.2. The molecule has 21 heavy (non-hydrogen) atoms. The predicted molar refractivity (Wildman–Crippen MR) is 77.5 cm³/mol. The summed E-state index contributed by atoms with van der Waals surface area (Å²) < 4.78 is 18.9. The van der Waals surface area contributed by atoms with Crippen LogP contribution in [0.25, 0.3) is 0 Å². The molecule has 0 aliphatic heterocycles. The molecule has 0 aromatic heterocycles. The second kappa shape index (κ2) is 7.41. The van der Waals surface area contributed by atoms with Gasteiger partial charge in [0.2, 0.25) is 0 Å². The van der Waals surface area contributed by atoms with Gasteiger partial charge in [-0.05, 0) is 31.9 Å². The maximum absolute atomic E-state index is 13.7. The van der Waals surface area contributed by atoms with E-state index in [0.29, 0.717) is 0 Å². The molecular weight excluding hydrogens is 273 g/mol. The Bertz CT molecular complexity index is 484. The summed E-state index contributed by atoms with van der Waals surface area (Å²) in [6.07, 6.45) is 4.70. The molecule has 1 amide bonds. The quantitative estimate of drug-likeness (QED) is 0.878. The Kier molecular flexibility index (Phi) is 5.56. The van der Waals surface area contributed by atoms with Crippen LogP contribution in [0.4, 0.5) is 4.39 Å². The van der Waals surface area contributed by atoms with Crippen LogP contribution in [0.3, 0.4) is 0 Å². The van der Waals surface area contributed by atoms with Crippen molar-refractivity contribution in [2.24, 2.45) is 0 Å². The molecule has 0 saturated heterocycles. The number of amides is 1. The Morgan fingerprint density at radius 1 is 1.43 bits per heavy atom. The first-order valence-corrected chi connectivity index (χ1v) is 7.46. The minimum atomic E-state index is -0.867. The van der Waals surface area contributed by atoms with E-state index in [0.717, 1.165) is 25.7 Å². The van der Waals surface area contributed by atoms with Crippen molar-refractivity contribution in [3.8, 4) is 5.75 Å². The van der Waals surface area contributed by atoms with Crippen molar-refractivity contribution in [2.45, 2.75) is 51.2 Å². The molecule has 1 aliphatic rings. The third kappa shape index (κ3) is 4.70. The molecule has 0 radical (unpaired) electrons. The highest BCUT2D eigenvalue weighted by Gasteiger charge is 2.16. The number of aliphatic hydroxyl groups is 1. The molecule has 1 saturated carbocycles. The lowest BCUT2D eigenvalue weighted by atomic mass is 9.95. The SMILES string of the molecule is CC(O)c1ccc(OCC(=O)NC2CCCCC2)cc1F. The largest absolute Gasteiger partial charge is 0.484 e. The van der Waals surface area contributed by atoms with Gasteiger partial charge < -0.3 is 15.2 Å². The molecule has 1 unspecified atom stereocenters. The van der Waals surface area contributed by atoms with Crippen molar-refractivity contribution in [1.29, 1.82) is 0 Å². The van der Waals surface area contributed by atoms with E-state index in [1.54, 1.807) is 6.07 Å². The molecule has 1 fully saturated rings. The number of aliphatic hydroxyl groups excluding tert-OH is 1. The Morgan fingerprint density at radius 2 is 2.14 bits per heavy atom. The van der Waals surface area contributed by atoms with Crippen molar-refractivity contribution < 1.29 is 19.0 Å². The summed E-state index contributed by atoms with van der Waals surface area (Å²) >= 11 is 0. The Balaban J connectivity index is 1.82. The van der Waals surface area contributed by atoms with Gasteiger partial charge in [0, 0.05) is 17.7 Å². The fraction of sp³-hybridized carbons (Fsp3) is 0.562. The molecule has 5 heteroatoms. The second-order valence-corrected chi connectivity index (χ2v) is 5.55. The summed E-state index contributed by atoms with van der Waals surface area (Å²) in [5.74, 6) is -0.423. The Labute approximate surface area is 124 Å². The van der Waals surface area contributed by atoms with Crippen molar-refractivity contribution in [3.63, 3.8) is 0 Å². The van der Waals surface area contributed by atoms with Gasteiger partial charge in [-0.1, -0.05) is 19.3 Å². The van der Waals surface area contributed by atoms with Crippen molar-refractivity contribution >= 4 is 5.91 Å². The van der Waals surface area contributed by atoms with Crippen LogP contribution in [0.1, 0.15) is 50.7 Å². The van der Waals surface area contributed by atoms with Crippen molar-refractivity contribution in [3.05, 3.63) is 29.6 Å². The molecule has 0 spiro atoms. The smallest absolute Gasteiger partial charge is 0.258 e. The number of hydrogen-bond donors (Lipinski definition) is 2. The predicted octanol–water partition coefficient (Wildman–Crippen LogP) is 2.71. The number of ether oxygens (including phenoxy) is 1. The third-order valence-corrected chi connectivity index (χ3v) is 3.76. The highest BCUT2D eigenvalue weighted by atomic mass is 19.1. The molecule has 2 rings (SSSR count). The van der Waals surface area contributed by atoms with E-state index in [4.69, 9.17) is 4.74 Å². The van der Waals surface area contributed by atoms with Gasteiger partial charge in [-0.3, -0.25) is 4.79 Å². The van der Waals surface area contributed by atoms with Crippen molar-refractivity contribution in [2.75, 3.05) is 6.61 Å². The summed E-state index contributed by atoms with van der Waals surface area (Å²) in [6.45, 7) is 1.38. The van der Waals surface area contributed by atoms with E-state index in [-0.39, 0.29) is 29.9 Å². The van der Waals surface area contributed by atoms with Crippen LogP contribution in [0.5, 0.6) is 5.75 Å². The summed E-state index contributed by atoms with van der Waals surface area (Å²) in [7, 11) is 0. The highest BCUT2D eigenvalue weighted by molar-refractivity contribution is 5.77. The molecule has 0 bridgehead atoms. The first kappa shape index (κ1) is 15.8. The average molecular weight is 295 g/mol.